The van der Waals surface area contributed by atoms with Crippen LogP contribution in [0.2, 0.25) is 0 Å². The van der Waals surface area contributed by atoms with E-state index in [0.29, 0.717) is 11.8 Å². The summed E-state index contributed by atoms with van der Waals surface area (Å²) in [4.78, 5) is 6.82. The topological polar surface area (TPSA) is 16.1 Å². The summed E-state index contributed by atoms with van der Waals surface area (Å²) in [6.07, 6.45) is 3.82. The number of nitrogens with zero attached hydrogens (tertiary/aromatic N) is 2. The lowest BCUT2D eigenvalue weighted by Crippen LogP contribution is -2.20. The predicted octanol–water partition coefficient (Wildman–Crippen LogP) is 4.46. The van der Waals surface area contributed by atoms with Crippen LogP contribution in [0.4, 0.5) is 0 Å². The third-order valence-corrected chi connectivity index (χ3v) is 4.98. The Morgan fingerprint density at radius 1 is 0.750 bits per heavy atom. The third-order valence-electron chi connectivity index (χ3n) is 4.98. The molecule has 2 nitrogen and oxygen atoms in total. The first-order valence-corrected chi connectivity index (χ1v) is 8.61. The maximum Gasteiger partial charge on any atom is 0.0312 e. The van der Waals surface area contributed by atoms with Gasteiger partial charge in [-0.2, -0.15) is 0 Å². The minimum atomic E-state index is 0.547. The second-order valence-electron chi connectivity index (χ2n) is 6.59. The van der Waals surface area contributed by atoms with E-state index in [0.717, 1.165) is 19.6 Å². The van der Waals surface area contributed by atoms with E-state index in [4.69, 9.17) is 0 Å². The number of benzene rings is 2. The lowest BCUT2D eigenvalue weighted by molar-refractivity contribution is 0.323. The fourth-order valence-electron chi connectivity index (χ4n) is 3.84. The van der Waals surface area contributed by atoms with Gasteiger partial charge in [0.15, 0.2) is 0 Å². The van der Waals surface area contributed by atoms with E-state index in [1.165, 1.54) is 16.7 Å². The van der Waals surface area contributed by atoms with Crippen molar-refractivity contribution in [3.8, 4) is 0 Å². The largest absolute Gasteiger partial charge is 0.298 e. The van der Waals surface area contributed by atoms with E-state index in [-0.39, 0.29) is 0 Å². The zero-order valence-electron chi connectivity index (χ0n) is 13.8. The maximum absolute atomic E-state index is 4.25. The van der Waals surface area contributed by atoms with Crippen LogP contribution in [0.25, 0.3) is 0 Å². The van der Waals surface area contributed by atoms with Crippen molar-refractivity contribution in [3.05, 3.63) is 102 Å². The quantitative estimate of drug-likeness (QED) is 0.706. The zero-order valence-corrected chi connectivity index (χ0v) is 13.8. The Balaban J connectivity index is 1.60. The molecule has 0 amide bonds. The predicted molar refractivity (Wildman–Crippen MR) is 97.9 cm³/mol. The smallest absolute Gasteiger partial charge is 0.0312 e. The van der Waals surface area contributed by atoms with Crippen molar-refractivity contribution in [2.45, 2.75) is 18.4 Å². The van der Waals surface area contributed by atoms with E-state index < -0.39 is 0 Å². The highest BCUT2D eigenvalue weighted by Crippen LogP contribution is 2.39. The fraction of sp³-hybridized carbons (Fsp3) is 0.227. The lowest BCUT2D eigenvalue weighted by Gasteiger charge is -2.19. The Hall–Kier alpha value is -2.45. The van der Waals surface area contributed by atoms with Crippen LogP contribution in [0, 0.1) is 0 Å². The van der Waals surface area contributed by atoms with Crippen LogP contribution in [0.1, 0.15) is 28.5 Å². The van der Waals surface area contributed by atoms with Gasteiger partial charge in [0.05, 0.1) is 0 Å². The molecule has 1 fully saturated rings. The Kier molecular flexibility index (Phi) is 4.39. The van der Waals surface area contributed by atoms with Gasteiger partial charge in [0.1, 0.15) is 0 Å². The summed E-state index contributed by atoms with van der Waals surface area (Å²) < 4.78 is 0. The van der Waals surface area contributed by atoms with E-state index >= 15 is 0 Å². The third kappa shape index (κ3) is 3.24. The Bertz CT molecular complexity index is 708. The molecule has 0 spiro atoms. The summed E-state index contributed by atoms with van der Waals surface area (Å²) in [5.41, 5.74) is 4.18. The van der Waals surface area contributed by atoms with Crippen LogP contribution < -0.4 is 0 Å². The van der Waals surface area contributed by atoms with Crippen LogP contribution >= 0.6 is 0 Å². The minimum absolute atomic E-state index is 0.547. The van der Waals surface area contributed by atoms with Gasteiger partial charge < -0.3 is 0 Å². The molecule has 1 aromatic heterocycles. The van der Waals surface area contributed by atoms with Crippen molar-refractivity contribution >= 4 is 0 Å². The monoisotopic (exact) mass is 314 g/mol. The summed E-state index contributed by atoms with van der Waals surface area (Å²) >= 11 is 0. The first-order chi connectivity index (χ1) is 11.9. The summed E-state index contributed by atoms with van der Waals surface area (Å²) in [6, 6.07) is 26.1. The molecule has 3 aromatic rings. The molecule has 1 saturated heterocycles. The van der Waals surface area contributed by atoms with Crippen LogP contribution in [0.3, 0.4) is 0 Å². The molecule has 2 heterocycles. The summed E-state index contributed by atoms with van der Waals surface area (Å²) in [7, 11) is 0. The first kappa shape index (κ1) is 15.1. The molecule has 0 aliphatic carbocycles. The highest BCUT2D eigenvalue weighted by atomic mass is 15.2. The molecule has 0 saturated carbocycles. The average molecular weight is 314 g/mol. The number of hydrogen-bond donors (Lipinski definition) is 0. The Labute approximate surface area is 143 Å². The molecule has 0 radical (unpaired) electrons. The van der Waals surface area contributed by atoms with Gasteiger partial charge in [0, 0.05) is 43.9 Å². The molecule has 0 N–H and O–H groups in total. The molecule has 2 aromatic carbocycles. The number of aromatic nitrogens is 1. The van der Waals surface area contributed by atoms with Crippen molar-refractivity contribution in [2.24, 2.45) is 0 Å². The Morgan fingerprint density at radius 3 is 1.83 bits per heavy atom. The molecule has 0 bridgehead atoms. The first-order valence-electron chi connectivity index (χ1n) is 8.61. The average Bonchev–Trinajstić information content (AvgIpc) is 3.08. The van der Waals surface area contributed by atoms with Crippen LogP contribution in [-0.2, 0) is 6.54 Å². The number of likely N-dealkylation sites (tertiary alicyclic amines) is 1. The molecule has 120 valence electrons. The second-order valence-corrected chi connectivity index (χ2v) is 6.59. The highest BCUT2D eigenvalue weighted by Gasteiger charge is 2.34. The van der Waals surface area contributed by atoms with Gasteiger partial charge in [-0.05, 0) is 22.8 Å². The SMILES string of the molecule is c1ccc([C@@H]2CN(Cc3cccnc3)C[C@H]2c2ccccc2)cc1. The molecule has 1 aliphatic rings. The maximum atomic E-state index is 4.25. The van der Waals surface area contributed by atoms with Crippen molar-refractivity contribution < 1.29 is 0 Å². The normalized spacial score (nSPS) is 21.0. The Morgan fingerprint density at radius 2 is 1.33 bits per heavy atom. The van der Waals surface area contributed by atoms with Crippen molar-refractivity contribution in [3.63, 3.8) is 0 Å². The number of rotatable bonds is 4. The van der Waals surface area contributed by atoms with Gasteiger partial charge in [-0.15, -0.1) is 0 Å². The van der Waals surface area contributed by atoms with E-state index in [2.05, 4.69) is 76.6 Å². The zero-order chi connectivity index (χ0) is 16.2. The number of hydrogen-bond acceptors (Lipinski definition) is 2. The fourth-order valence-corrected chi connectivity index (χ4v) is 3.84. The standard InChI is InChI=1S/C22H22N2/c1-3-9-19(10-4-1)21-16-24(15-18-8-7-13-23-14-18)17-22(21)20-11-5-2-6-12-20/h1-14,21-22H,15-17H2/t21-,22-/m0/s1. The molecule has 0 unspecified atom stereocenters. The van der Waals surface area contributed by atoms with E-state index in [9.17, 15) is 0 Å². The lowest BCUT2D eigenvalue weighted by atomic mass is 9.84. The molecular formula is C22H22N2. The second kappa shape index (κ2) is 6.98. The summed E-state index contributed by atoms with van der Waals surface area (Å²) in [5, 5.41) is 0. The van der Waals surface area contributed by atoms with Gasteiger partial charge in [0.25, 0.3) is 0 Å². The van der Waals surface area contributed by atoms with Gasteiger partial charge in [-0.3, -0.25) is 9.88 Å². The van der Waals surface area contributed by atoms with Gasteiger partial charge in [-0.1, -0.05) is 66.7 Å². The minimum Gasteiger partial charge on any atom is -0.298 e. The van der Waals surface area contributed by atoms with Crippen molar-refractivity contribution in [1.29, 1.82) is 0 Å². The van der Waals surface area contributed by atoms with Gasteiger partial charge in [-0.25, -0.2) is 0 Å². The highest BCUT2D eigenvalue weighted by molar-refractivity contribution is 5.31. The van der Waals surface area contributed by atoms with E-state index in [1.807, 2.05) is 18.5 Å². The molecular weight excluding hydrogens is 292 g/mol. The van der Waals surface area contributed by atoms with Crippen molar-refractivity contribution in [2.75, 3.05) is 13.1 Å². The summed E-state index contributed by atoms with van der Waals surface area (Å²) in [6.45, 7) is 3.16. The van der Waals surface area contributed by atoms with Gasteiger partial charge in [0.2, 0.25) is 0 Å². The summed E-state index contributed by atoms with van der Waals surface area (Å²) in [5.74, 6) is 1.09. The van der Waals surface area contributed by atoms with Crippen molar-refractivity contribution in [1.82, 2.24) is 9.88 Å². The van der Waals surface area contributed by atoms with Crippen LogP contribution in [0.15, 0.2) is 85.2 Å². The van der Waals surface area contributed by atoms with Crippen LogP contribution in [0.5, 0.6) is 0 Å². The number of pyridine rings is 1. The molecule has 24 heavy (non-hydrogen) atoms. The molecule has 2 heteroatoms. The molecule has 4 rings (SSSR count). The van der Waals surface area contributed by atoms with Gasteiger partial charge >= 0.3 is 0 Å². The molecule has 2 atom stereocenters. The van der Waals surface area contributed by atoms with Crippen LogP contribution in [-0.4, -0.2) is 23.0 Å². The molecule has 1 aliphatic heterocycles. The van der Waals surface area contributed by atoms with E-state index in [1.54, 1.807) is 0 Å².